The lowest BCUT2D eigenvalue weighted by Crippen LogP contribution is -2.11. The van der Waals surface area contributed by atoms with Gasteiger partial charge in [-0.25, -0.2) is 0 Å². The van der Waals surface area contributed by atoms with Crippen LogP contribution in [0.1, 0.15) is 22.6 Å². The van der Waals surface area contributed by atoms with Gasteiger partial charge in [-0.15, -0.1) is 0 Å². The molecule has 4 heteroatoms. The molecule has 1 aliphatic rings. The van der Waals surface area contributed by atoms with Crippen molar-refractivity contribution in [3.05, 3.63) is 193 Å². The number of furan rings is 2. The average Bonchev–Trinajstić information content (AvgIpc) is 3.99. The summed E-state index contributed by atoms with van der Waals surface area (Å²) in [6, 6.07) is 62.4. The molecular formula is C50H30N2O2. The molecule has 0 saturated heterocycles. The summed E-state index contributed by atoms with van der Waals surface area (Å²) in [7, 11) is 0. The molecule has 0 bridgehead atoms. The SMILES string of the molecule is c1ccc(C2C(c3ccc(-c4cccc5c4oc4ccc(-n6c7ccccc7c7cc8c(cc76)oc6ccccc68)cc45)cc3)=Nc3ccccc32)cc1. The van der Waals surface area contributed by atoms with Crippen LogP contribution in [-0.2, 0) is 0 Å². The Bertz CT molecular complexity index is 3320. The van der Waals surface area contributed by atoms with Crippen molar-refractivity contribution in [3.63, 3.8) is 0 Å². The summed E-state index contributed by atoms with van der Waals surface area (Å²) in [6.07, 6.45) is 0. The van der Waals surface area contributed by atoms with Crippen molar-refractivity contribution in [1.29, 1.82) is 0 Å². The van der Waals surface area contributed by atoms with E-state index in [2.05, 4.69) is 168 Å². The quantitative estimate of drug-likeness (QED) is 0.184. The zero-order valence-corrected chi connectivity index (χ0v) is 29.0. The number of nitrogens with zero attached hydrogens (tertiary/aromatic N) is 2. The zero-order valence-electron chi connectivity index (χ0n) is 29.0. The number of fused-ring (bicyclic) bond motifs is 10. The van der Waals surface area contributed by atoms with E-state index in [-0.39, 0.29) is 5.92 Å². The number of benzene rings is 8. The predicted octanol–water partition coefficient (Wildman–Crippen LogP) is 13.5. The van der Waals surface area contributed by atoms with Crippen molar-refractivity contribution in [2.24, 2.45) is 4.99 Å². The number of aromatic nitrogens is 1. The third kappa shape index (κ3) is 4.22. The van der Waals surface area contributed by atoms with Gasteiger partial charge in [0.05, 0.1) is 28.4 Å². The molecule has 0 saturated carbocycles. The van der Waals surface area contributed by atoms with E-state index >= 15 is 0 Å². The molecule has 0 aliphatic carbocycles. The lowest BCUT2D eigenvalue weighted by atomic mass is 9.85. The number of hydrogen-bond donors (Lipinski definition) is 0. The number of hydrogen-bond acceptors (Lipinski definition) is 3. The summed E-state index contributed by atoms with van der Waals surface area (Å²) in [5, 5.41) is 6.86. The summed E-state index contributed by atoms with van der Waals surface area (Å²) in [4.78, 5) is 5.14. The van der Waals surface area contributed by atoms with Crippen LogP contribution in [0.15, 0.2) is 190 Å². The molecule has 8 aromatic carbocycles. The third-order valence-corrected chi connectivity index (χ3v) is 11.3. The van der Waals surface area contributed by atoms with Gasteiger partial charge in [-0.1, -0.05) is 127 Å². The molecule has 1 atom stereocenters. The standard InChI is InChI=1S/C50H30N2O2/c1-2-11-31(12-3-1)48-38-15-4-7-18-42(38)51-49(48)32-23-21-30(22-24-32)34-16-10-17-37-40-27-33(25-26-46(40)54-50(34)37)52-43-19-8-5-13-35(43)39-28-41-36-14-6-9-20-45(36)53-47(41)29-44(39)52/h1-29,48H. The van der Waals surface area contributed by atoms with Crippen LogP contribution < -0.4 is 0 Å². The highest BCUT2D eigenvalue weighted by molar-refractivity contribution is 6.18. The lowest BCUT2D eigenvalue weighted by Gasteiger charge is -2.16. The minimum Gasteiger partial charge on any atom is -0.456 e. The van der Waals surface area contributed by atoms with Crippen LogP contribution in [0.2, 0.25) is 0 Å². The van der Waals surface area contributed by atoms with Crippen LogP contribution in [0.5, 0.6) is 0 Å². The van der Waals surface area contributed by atoms with Crippen LogP contribution in [0.4, 0.5) is 5.69 Å². The number of aliphatic imine (C=N–C) groups is 1. The molecule has 12 rings (SSSR count). The molecule has 4 heterocycles. The summed E-state index contributed by atoms with van der Waals surface area (Å²) in [5.74, 6) is 0.0977. The first kappa shape index (κ1) is 29.4. The fraction of sp³-hybridized carbons (Fsp3) is 0.0200. The van der Waals surface area contributed by atoms with Crippen LogP contribution in [0.3, 0.4) is 0 Å². The van der Waals surface area contributed by atoms with Crippen LogP contribution in [0.25, 0.3) is 82.5 Å². The van der Waals surface area contributed by atoms with Crippen molar-refractivity contribution in [2.45, 2.75) is 5.92 Å². The van der Waals surface area contributed by atoms with E-state index in [4.69, 9.17) is 13.8 Å². The van der Waals surface area contributed by atoms with Gasteiger partial charge in [0.2, 0.25) is 0 Å². The van der Waals surface area contributed by atoms with Crippen LogP contribution in [0, 0.1) is 0 Å². The van der Waals surface area contributed by atoms with Gasteiger partial charge in [0.1, 0.15) is 22.3 Å². The van der Waals surface area contributed by atoms with E-state index in [1.165, 1.54) is 21.9 Å². The molecule has 1 unspecified atom stereocenters. The highest BCUT2D eigenvalue weighted by Crippen LogP contribution is 2.43. The molecule has 1 aliphatic heterocycles. The fourth-order valence-electron chi connectivity index (χ4n) is 8.83. The van der Waals surface area contributed by atoms with E-state index < -0.39 is 0 Å². The van der Waals surface area contributed by atoms with Gasteiger partial charge < -0.3 is 13.4 Å². The van der Waals surface area contributed by atoms with E-state index in [0.717, 1.165) is 88.7 Å². The number of para-hydroxylation sites is 4. The molecule has 11 aromatic rings. The van der Waals surface area contributed by atoms with Crippen molar-refractivity contribution in [3.8, 4) is 16.8 Å². The average molecular weight is 691 g/mol. The van der Waals surface area contributed by atoms with E-state index in [9.17, 15) is 0 Å². The highest BCUT2D eigenvalue weighted by Gasteiger charge is 2.29. The Morgan fingerprint density at radius 3 is 2.07 bits per heavy atom. The van der Waals surface area contributed by atoms with Gasteiger partial charge >= 0.3 is 0 Å². The van der Waals surface area contributed by atoms with Gasteiger partial charge in [-0.2, -0.15) is 0 Å². The first-order valence-electron chi connectivity index (χ1n) is 18.4. The lowest BCUT2D eigenvalue weighted by molar-refractivity contribution is 0.669. The van der Waals surface area contributed by atoms with Crippen LogP contribution >= 0.6 is 0 Å². The molecule has 0 amide bonds. The molecule has 3 aromatic heterocycles. The Hall–Kier alpha value is -7.17. The van der Waals surface area contributed by atoms with Crippen LogP contribution in [-0.4, -0.2) is 10.3 Å². The predicted molar refractivity (Wildman–Crippen MR) is 222 cm³/mol. The summed E-state index contributed by atoms with van der Waals surface area (Å²) in [5.41, 5.74) is 14.8. The first-order chi connectivity index (χ1) is 26.8. The maximum absolute atomic E-state index is 6.68. The molecule has 4 nitrogen and oxygen atoms in total. The molecular weight excluding hydrogens is 661 g/mol. The second kappa shape index (κ2) is 11.2. The summed E-state index contributed by atoms with van der Waals surface area (Å²) >= 11 is 0. The Balaban J connectivity index is 0.972. The molecule has 54 heavy (non-hydrogen) atoms. The van der Waals surface area contributed by atoms with E-state index in [1.54, 1.807) is 0 Å². The zero-order chi connectivity index (χ0) is 35.3. The second-order valence-electron chi connectivity index (χ2n) is 14.3. The Morgan fingerprint density at radius 2 is 1.17 bits per heavy atom. The minimum atomic E-state index is 0.0977. The van der Waals surface area contributed by atoms with Gasteiger partial charge in [0.25, 0.3) is 0 Å². The Morgan fingerprint density at radius 1 is 0.444 bits per heavy atom. The van der Waals surface area contributed by atoms with E-state index in [1.807, 2.05) is 12.1 Å². The van der Waals surface area contributed by atoms with Gasteiger partial charge in [-0.3, -0.25) is 4.99 Å². The minimum absolute atomic E-state index is 0.0977. The van der Waals surface area contributed by atoms with Gasteiger partial charge in [-0.05, 0) is 64.7 Å². The molecule has 252 valence electrons. The summed E-state index contributed by atoms with van der Waals surface area (Å²) in [6.45, 7) is 0. The maximum atomic E-state index is 6.68. The Labute approximate surface area is 309 Å². The molecule has 0 spiro atoms. The molecule has 0 radical (unpaired) electrons. The van der Waals surface area contributed by atoms with Crippen molar-refractivity contribution in [2.75, 3.05) is 0 Å². The smallest absolute Gasteiger partial charge is 0.143 e. The van der Waals surface area contributed by atoms with Crippen molar-refractivity contribution < 1.29 is 8.83 Å². The van der Waals surface area contributed by atoms with Gasteiger partial charge in [0, 0.05) is 49.6 Å². The monoisotopic (exact) mass is 690 g/mol. The van der Waals surface area contributed by atoms with E-state index in [0.29, 0.717) is 0 Å². The Kier molecular flexibility index (Phi) is 6.08. The van der Waals surface area contributed by atoms with Gasteiger partial charge in [0.15, 0.2) is 0 Å². The number of rotatable bonds is 4. The summed E-state index contributed by atoms with van der Waals surface area (Å²) < 4.78 is 15.4. The largest absolute Gasteiger partial charge is 0.456 e. The molecule has 0 fully saturated rings. The maximum Gasteiger partial charge on any atom is 0.143 e. The normalized spacial score (nSPS) is 14.2. The fourth-order valence-corrected chi connectivity index (χ4v) is 8.83. The second-order valence-corrected chi connectivity index (χ2v) is 14.3. The third-order valence-electron chi connectivity index (χ3n) is 11.3. The van der Waals surface area contributed by atoms with Crippen molar-refractivity contribution >= 4 is 77.1 Å². The van der Waals surface area contributed by atoms with Crippen molar-refractivity contribution in [1.82, 2.24) is 4.57 Å². The topological polar surface area (TPSA) is 43.6 Å². The first-order valence-corrected chi connectivity index (χ1v) is 18.4. The molecule has 0 N–H and O–H groups in total. The highest BCUT2D eigenvalue weighted by atomic mass is 16.3.